The molecule has 0 radical (unpaired) electrons. The Kier molecular flexibility index (Phi) is 4.78. The molecule has 134 valence electrons. The zero-order valence-electron chi connectivity index (χ0n) is 14.7. The molecule has 2 aromatic carbocycles. The molecule has 0 unspecified atom stereocenters. The van der Waals surface area contributed by atoms with Crippen molar-refractivity contribution < 1.29 is 14.0 Å². The van der Waals surface area contributed by atoms with E-state index in [4.69, 9.17) is 0 Å². The maximum absolute atomic E-state index is 13.8. The zero-order valence-corrected chi connectivity index (χ0v) is 15.5. The summed E-state index contributed by atoms with van der Waals surface area (Å²) in [5, 5.41) is 6.05. The Hall–Kier alpha value is -2.73. The van der Waals surface area contributed by atoms with Crippen molar-refractivity contribution in [2.75, 3.05) is 10.6 Å². The van der Waals surface area contributed by atoms with E-state index in [1.807, 2.05) is 20.8 Å². The quantitative estimate of drug-likeness (QED) is 0.659. The van der Waals surface area contributed by atoms with E-state index in [9.17, 15) is 14.0 Å². The molecule has 3 aromatic rings. The Morgan fingerprint density at radius 3 is 2.27 bits per heavy atom. The second kappa shape index (κ2) is 6.88. The smallest absolute Gasteiger partial charge is 0.265 e. The fraction of sp³-hybridized carbons (Fsp3) is 0.200. The molecule has 3 rings (SSSR count). The highest BCUT2D eigenvalue weighted by atomic mass is 32.1. The Labute approximate surface area is 155 Å². The van der Waals surface area contributed by atoms with Gasteiger partial charge in [-0.1, -0.05) is 32.9 Å². The summed E-state index contributed by atoms with van der Waals surface area (Å²) in [6.07, 6.45) is 0. The normalized spacial score (nSPS) is 11.4. The van der Waals surface area contributed by atoms with Gasteiger partial charge in [-0.15, -0.1) is 11.3 Å². The predicted octanol–water partition coefficient (Wildman–Crippen LogP) is 5.28. The van der Waals surface area contributed by atoms with Crippen molar-refractivity contribution in [1.29, 1.82) is 0 Å². The Balaban J connectivity index is 1.77. The highest BCUT2D eigenvalue weighted by Crippen LogP contribution is 2.28. The van der Waals surface area contributed by atoms with Gasteiger partial charge < -0.3 is 10.6 Å². The first-order valence-corrected chi connectivity index (χ1v) is 8.96. The van der Waals surface area contributed by atoms with Crippen molar-refractivity contribution >= 4 is 44.6 Å². The van der Waals surface area contributed by atoms with Crippen LogP contribution in [0.25, 0.3) is 10.1 Å². The van der Waals surface area contributed by atoms with Crippen molar-refractivity contribution in [2.45, 2.75) is 20.8 Å². The van der Waals surface area contributed by atoms with Gasteiger partial charge in [-0.2, -0.15) is 0 Å². The fourth-order valence-electron chi connectivity index (χ4n) is 2.32. The minimum atomic E-state index is -0.513. The molecule has 6 heteroatoms. The van der Waals surface area contributed by atoms with E-state index in [-0.39, 0.29) is 17.6 Å². The molecule has 0 aliphatic heterocycles. The number of halogens is 1. The minimum Gasteiger partial charge on any atom is -0.326 e. The van der Waals surface area contributed by atoms with Crippen LogP contribution in [0.4, 0.5) is 15.8 Å². The number of rotatable bonds is 3. The lowest BCUT2D eigenvalue weighted by molar-refractivity contribution is -0.123. The maximum Gasteiger partial charge on any atom is 0.265 e. The van der Waals surface area contributed by atoms with Crippen molar-refractivity contribution in [2.24, 2.45) is 5.41 Å². The van der Waals surface area contributed by atoms with Crippen molar-refractivity contribution in [3.05, 3.63) is 59.2 Å². The van der Waals surface area contributed by atoms with E-state index < -0.39 is 5.41 Å². The summed E-state index contributed by atoms with van der Waals surface area (Å²) in [6, 6.07) is 13.3. The summed E-state index contributed by atoms with van der Waals surface area (Å²) in [6.45, 7) is 5.48. The fourth-order valence-corrected chi connectivity index (χ4v) is 3.29. The van der Waals surface area contributed by atoms with Gasteiger partial charge in [0.2, 0.25) is 5.91 Å². The molecular formula is C20H19FN2O2S. The molecule has 0 bridgehead atoms. The molecule has 2 N–H and O–H groups in total. The van der Waals surface area contributed by atoms with Crippen molar-refractivity contribution in [3.8, 4) is 0 Å². The molecule has 26 heavy (non-hydrogen) atoms. The van der Waals surface area contributed by atoms with Gasteiger partial charge in [0.1, 0.15) is 5.82 Å². The lowest BCUT2D eigenvalue weighted by Gasteiger charge is -2.18. The molecule has 2 amide bonds. The first-order chi connectivity index (χ1) is 12.2. The number of thiophene rings is 1. The third-order valence-corrected chi connectivity index (χ3v) is 4.89. The van der Waals surface area contributed by atoms with Crippen LogP contribution < -0.4 is 10.6 Å². The highest BCUT2D eigenvalue weighted by molar-refractivity contribution is 7.20. The molecule has 0 atom stereocenters. The van der Waals surface area contributed by atoms with Crippen LogP contribution in [0.3, 0.4) is 0 Å². The number of fused-ring (bicyclic) bond motifs is 1. The van der Waals surface area contributed by atoms with Gasteiger partial charge in [-0.3, -0.25) is 9.59 Å². The van der Waals surface area contributed by atoms with E-state index in [1.54, 1.807) is 42.5 Å². The Morgan fingerprint density at radius 1 is 0.962 bits per heavy atom. The summed E-state index contributed by atoms with van der Waals surface area (Å²) >= 11 is 1.24. The van der Waals surface area contributed by atoms with E-state index in [1.165, 1.54) is 17.4 Å². The molecule has 1 heterocycles. The van der Waals surface area contributed by atoms with Gasteiger partial charge in [0.25, 0.3) is 5.91 Å². The molecule has 0 saturated heterocycles. The number of benzene rings is 2. The van der Waals surface area contributed by atoms with E-state index >= 15 is 0 Å². The molecule has 0 fully saturated rings. The second-order valence-electron chi connectivity index (χ2n) is 7.00. The number of anilines is 2. The third-order valence-electron chi connectivity index (χ3n) is 3.79. The average Bonchev–Trinajstić information content (AvgIpc) is 3.00. The summed E-state index contributed by atoms with van der Waals surface area (Å²) in [7, 11) is 0. The van der Waals surface area contributed by atoms with Gasteiger partial charge in [0, 0.05) is 26.9 Å². The van der Waals surface area contributed by atoms with Crippen LogP contribution >= 0.6 is 11.3 Å². The maximum atomic E-state index is 13.8. The minimum absolute atomic E-state index is 0.110. The van der Waals surface area contributed by atoms with Crippen LogP contribution in [-0.4, -0.2) is 11.8 Å². The summed E-state index contributed by atoms with van der Waals surface area (Å²) in [4.78, 5) is 25.0. The molecule has 0 saturated carbocycles. The molecule has 0 spiro atoms. The highest BCUT2D eigenvalue weighted by Gasteiger charge is 2.21. The standard InChI is InChI=1S/C20H19FN2O2S/c1-20(2,3)19(25)23-13-7-4-6-12(10-13)22-18(24)17-11-14-15(21)8-5-9-16(14)26-17/h4-11H,1-3H3,(H,22,24)(H,23,25). The third kappa shape index (κ3) is 3.91. The van der Waals surface area contributed by atoms with Gasteiger partial charge in [0.15, 0.2) is 0 Å². The molecule has 0 aliphatic rings. The number of carbonyl (C=O) groups excluding carboxylic acids is 2. The van der Waals surface area contributed by atoms with Crippen molar-refractivity contribution in [3.63, 3.8) is 0 Å². The van der Waals surface area contributed by atoms with Crippen LogP contribution in [0.5, 0.6) is 0 Å². The first-order valence-electron chi connectivity index (χ1n) is 8.15. The monoisotopic (exact) mass is 370 g/mol. The SMILES string of the molecule is CC(C)(C)C(=O)Nc1cccc(NC(=O)c2cc3c(F)cccc3s2)c1. The first kappa shape index (κ1) is 18.1. The zero-order chi connectivity index (χ0) is 18.9. The molecule has 1 aromatic heterocycles. The number of amides is 2. The number of hydrogen-bond donors (Lipinski definition) is 2. The summed E-state index contributed by atoms with van der Waals surface area (Å²) in [5.41, 5.74) is 0.644. The lowest BCUT2D eigenvalue weighted by atomic mass is 9.95. The summed E-state index contributed by atoms with van der Waals surface area (Å²) < 4.78 is 14.5. The number of nitrogens with one attached hydrogen (secondary N) is 2. The van der Waals surface area contributed by atoms with Crippen LogP contribution in [-0.2, 0) is 4.79 Å². The van der Waals surface area contributed by atoms with Gasteiger partial charge in [0.05, 0.1) is 4.88 Å². The lowest BCUT2D eigenvalue weighted by Crippen LogP contribution is -2.27. The van der Waals surface area contributed by atoms with E-state index in [0.717, 1.165) is 4.70 Å². The number of hydrogen-bond acceptors (Lipinski definition) is 3. The average molecular weight is 370 g/mol. The van der Waals surface area contributed by atoms with Crippen molar-refractivity contribution in [1.82, 2.24) is 0 Å². The molecule has 0 aliphatic carbocycles. The van der Waals surface area contributed by atoms with Gasteiger partial charge >= 0.3 is 0 Å². The van der Waals surface area contributed by atoms with Gasteiger partial charge in [-0.25, -0.2) is 4.39 Å². The van der Waals surface area contributed by atoms with Crippen LogP contribution in [0.2, 0.25) is 0 Å². The summed E-state index contributed by atoms with van der Waals surface area (Å²) in [5.74, 6) is -0.768. The molecular weight excluding hydrogens is 351 g/mol. The van der Waals surface area contributed by atoms with E-state index in [0.29, 0.717) is 21.6 Å². The Morgan fingerprint density at radius 2 is 1.62 bits per heavy atom. The van der Waals surface area contributed by atoms with Gasteiger partial charge in [-0.05, 0) is 36.4 Å². The number of carbonyl (C=O) groups is 2. The van der Waals surface area contributed by atoms with Crippen LogP contribution in [0, 0.1) is 11.2 Å². The van der Waals surface area contributed by atoms with E-state index in [2.05, 4.69) is 10.6 Å². The second-order valence-corrected chi connectivity index (χ2v) is 8.09. The largest absolute Gasteiger partial charge is 0.326 e. The topological polar surface area (TPSA) is 58.2 Å². The predicted molar refractivity (Wildman–Crippen MR) is 104 cm³/mol. The van der Waals surface area contributed by atoms with Crippen LogP contribution in [0.1, 0.15) is 30.4 Å². The molecule has 4 nitrogen and oxygen atoms in total. The van der Waals surface area contributed by atoms with Crippen LogP contribution in [0.15, 0.2) is 48.5 Å². The Bertz CT molecular complexity index is 989.